The number of aryl methyl sites for hydroxylation is 2. The van der Waals surface area contributed by atoms with Crippen molar-refractivity contribution in [2.24, 2.45) is 5.92 Å². The molecule has 2 aromatic carbocycles. The molecular weight excluding hydrogens is 424 g/mol. The van der Waals surface area contributed by atoms with E-state index in [-0.39, 0.29) is 11.8 Å². The lowest BCUT2D eigenvalue weighted by Crippen LogP contribution is -2.40. The molecule has 1 N–H and O–H groups in total. The number of likely N-dealkylation sites (tertiary alicyclic amines) is 1. The number of piperidine rings is 1. The van der Waals surface area contributed by atoms with Gasteiger partial charge in [-0.1, -0.05) is 58.7 Å². The molecule has 1 aliphatic heterocycles. The molecular formula is C25H29ClN4O2. The quantitative estimate of drug-likeness (QED) is 0.503. The number of halogens is 1. The monoisotopic (exact) mass is 452 g/mol. The number of amides is 1. The lowest BCUT2D eigenvalue weighted by molar-refractivity contribution is -0.126. The molecule has 0 spiro atoms. The molecule has 0 unspecified atom stereocenters. The van der Waals surface area contributed by atoms with E-state index in [2.05, 4.69) is 51.5 Å². The first kappa shape index (κ1) is 22.5. The maximum Gasteiger partial charge on any atom is 0.241 e. The first-order chi connectivity index (χ1) is 15.6. The molecule has 1 aromatic heterocycles. The van der Waals surface area contributed by atoms with E-state index in [1.165, 1.54) is 11.1 Å². The highest BCUT2D eigenvalue weighted by atomic mass is 35.5. The fraction of sp³-hybridized carbons (Fsp3) is 0.400. The van der Waals surface area contributed by atoms with E-state index in [0.717, 1.165) is 50.9 Å². The molecule has 168 valence electrons. The Bertz CT molecular complexity index is 1030. The van der Waals surface area contributed by atoms with Crippen molar-refractivity contribution in [2.75, 3.05) is 19.6 Å². The Labute approximate surface area is 194 Å². The van der Waals surface area contributed by atoms with E-state index < -0.39 is 0 Å². The van der Waals surface area contributed by atoms with Crippen molar-refractivity contribution in [3.8, 4) is 11.4 Å². The van der Waals surface area contributed by atoms with Crippen LogP contribution in [0.15, 0.2) is 53.1 Å². The van der Waals surface area contributed by atoms with Gasteiger partial charge in [-0.15, -0.1) is 0 Å². The van der Waals surface area contributed by atoms with E-state index >= 15 is 0 Å². The average molecular weight is 453 g/mol. The average Bonchev–Trinajstić information content (AvgIpc) is 3.27. The SMILES string of the molecule is Cc1ccc(CCCNC(=O)C2CCN(Cc3nc(-c4ccccc4Cl)no3)CC2)cc1. The minimum atomic E-state index is 0.0759. The summed E-state index contributed by atoms with van der Waals surface area (Å²) in [6.45, 7) is 5.08. The number of hydrogen-bond acceptors (Lipinski definition) is 5. The molecule has 7 heteroatoms. The van der Waals surface area contributed by atoms with E-state index in [1.807, 2.05) is 24.3 Å². The lowest BCUT2D eigenvalue weighted by atomic mass is 9.96. The Hall–Kier alpha value is -2.70. The molecule has 4 rings (SSSR count). The van der Waals surface area contributed by atoms with Crippen molar-refractivity contribution < 1.29 is 9.32 Å². The van der Waals surface area contributed by atoms with Crippen molar-refractivity contribution in [1.29, 1.82) is 0 Å². The summed E-state index contributed by atoms with van der Waals surface area (Å²) >= 11 is 6.22. The highest BCUT2D eigenvalue weighted by molar-refractivity contribution is 6.33. The van der Waals surface area contributed by atoms with Crippen LogP contribution in [0.5, 0.6) is 0 Å². The summed E-state index contributed by atoms with van der Waals surface area (Å²) in [6.07, 6.45) is 3.63. The van der Waals surface area contributed by atoms with Crippen LogP contribution < -0.4 is 5.32 Å². The third kappa shape index (κ3) is 5.96. The molecule has 0 atom stereocenters. The molecule has 0 bridgehead atoms. The maximum atomic E-state index is 12.5. The van der Waals surface area contributed by atoms with Crippen LogP contribution in [0.3, 0.4) is 0 Å². The zero-order valence-electron chi connectivity index (χ0n) is 18.4. The van der Waals surface area contributed by atoms with Crippen LogP contribution in [0, 0.1) is 12.8 Å². The van der Waals surface area contributed by atoms with E-state index in [4.69, 9.17) is 16.1 Å². The molecule has 1 saturated heterocycles. The summed E-state index contributed by atoms with van der Waals surface area (Å²) in [5.41, 5.74) is 3.35. The van der Waals surface area contributed by atoms with Gasteiger partial charge in [0.1, 0.15) is 0 Å². The predicted octanol–water partition coefficient (Wildman–Crippen LogP) is 4.66. The maximum absolute atomic E-state index is 12.5. The molecule has 2 heterocycles. The molecule has 32 heavy (non-hydrogen) atoms. The molecule has 3 aromatic rings. The van der Waals surface area contributed by atoms with Gasteiger partial charge in [0.05, 0.1) is 11.6 Å². The Morgan fingerprint density at radius 3 is 2.66 bits per heavy atom. The minimum Gasteiger partial charge on any atom is -0.356 e. The molecule has 6 nitrogen and oxygen atoms in total. The van der Waals surface area contributed by atoms with Crippen LogP contribution in [0.4, 0.5) is 0 Å². The van der Waals surface area contributed by atoms with E-state index in [0.29, 0.717) is 23.3 Å². The molecule has 0 radical (unpaired) electrons. The van der Waals surface area contributed by atoms with Crippen molar-refractivity contribution in [1.82, 2.24) is 20.4 Å². The summed E-state index contributed by atoms with van der Waals surface area (Å²) in [6, 6.07) is 16.0. The highest BCUT2D eigenvalue weighted by Crippen LogP contribution is 2.25. The van der Waals surface area contributed by atoms with E-state index in [1.54, 1.807) is 0 Å². The smallest absolute Gasteiger partial charge is 0.241 e. The van der Waals surface area contributed by atoms with Crippen molar-refractivity contribution in [2.45, 2.75) is 39.2 Å². The van der Waals surface area contributed by atoms with Crippen LogP contribution in [-0.4, -0.2) is 40.6 Å². The second kappa shape index (κ2) is 10.7. The van der Waals surface area contributed by atoms with Gasteiger partial charge in [-0.25, -0.2) is 0 Å². The Balaban J connectivity index is 1.18. The predicted molar refractivity (Wildman–Crippen MR) is 125 cm³/mol. The number of nitrogens with one attached hydrogen (secondary N) is 1. The van der Waals surface area contributed by atoms with Crippen LogP contribution in [0.1, 0.15) is 36.3 Å². The van der Waals surface area contributed by atoms with Gasteiger partial charge in [-0.05, 0) is 63.4 Å². The van der Waals surface area contributed by atoms with Crippen LogP contribution in [-0.2, 0) is 17.8 Å². The fourth-order valence-electron chi connectivity index (χ4n) is 4.02. The largest absolute Gasteiger partial charge is 0.356 e. The van der Waals surface area contributed by atoms with Crippen molar-refractivity contribution in [3.05, 3.63) is 70.6 Å². The summed E-state index contributed by atoms with van der Waals surface area (Å²) in [5.74, 6) is 1.32. The Morgan fingerprint density at radius 2 is 1.91 bits per heavy atom. The number of nitrogens with zero attached hydrogens (tertiary/aromatic N) is 3. The fourth-order valence-corrected chi connectivity index (χ4v) is 4.24. The number of hydrogen-bond donors (Lipinski definition) is 1. The van der Waals surface area contributed by atoms with Gasteiger partial charge in [0.2, 0.25) is 17.6 Å². The Kier molecular flexibility index (Phi) is 7.55. The van der Waals surface area contributed by atoms with Gasteiger partial charge in [-0.3, -0.25) is 9.69 Å². The first-order valence-electron chi connectivity index (χ1n) is 11.2. The summed E-state index contributed by atoms with van der Waals surface area (Å²) in [4.78, 5) is 19.3. The number of aromatic nitrogens is 2. The first-order valence-corrected chi connectivity index (χ1v) is 11.6. The second-order valence-electron chi connectivity index (χ2n) is 8.42. The van der Waals surface area contributed by atoms with E-state index in [9.17, 15) is 4.79 Å². The number of carbonyl (C=O) groups excluding carboxylic acids is 1. The van der Waals surface area contributed by atoms with Gasteiger partial charge < -0.3 is 9.84 Å². The molecule has 0 aliphatic carbocycles. The zero-order valence-corrected chi connectivity index (χ0v) is 19.1. The van der Waals surface area contributed by atoms with Crippen LogP contribution in [0.2, 0.25) is 5.02 Å². The van der Waals surface area contributed by atoms with Gasteiger partial charge >= 0.3 is 0 Å². The normalized spacial score (nSPS) is 15.1. The summed E-state index contributed by atoms with van der Waals surface area (Å²) in [7, 11) is 0. The minimum absolute atomic E-state index is 0.0759. The molecule has 0 saturated carbocycles. The van der Waals surface area contributed by atoms with Gasteiger partial charge in [0.15, 0.2) is 0 Å². The van der Waals surface area contributed by atoms with Crippen molar-refractivity contribution in [3.63, 3.8) is 0 Å². The third-order valence-corrected chi connectivity index (χ3v) is 6.29. The number of carbonyl (C=O) groups is 1. The summed E-state index contributed by atoms with van der Waals surface area (Å²) in [5, 5.41) is 7.78. The van der Waals surface area contributed by atoms with Crippen molar-refractivity contribution >= 4 is 17.5 Å². The van der Waals surface area contributed by atoms with Gasteiger partial charge in [-0.2, -0.15) is 4.98 Å². The van der Waals surface area contributed by atoms with Crippen LogP contribution >= 0.6 is 11.6 Å². The van der Waals surface area contributed by atoms with Crippen LogP contribution in [0.25, 0.3) is 11.4 Å². The van der Waals surface area contributed by atoms with Gasteiger partial charge in [0, 0.05) is 18.0 Å². The highest BCUT2D eigenvalue weighted by Gasteiger charge is 2.26. The second-order valence-corrected chi connectivity index (χ2v) is 8.83. The number of rotatable bonds is 8. The lowest BCUT2D eigenvalue weighted by Gasteiger charge is -2.30. The summed E-state index contributed by atoms with van der Waals surface area (Å²) < 4.78 is 5.42. The molecule has 1 amide bonds. The number of benzene rings is 2. The standard InChI is InChI=1S/C25H29ClN4O2/c1-18-8-10-19(11-9-18)5-4-14-27-25(31)20-12-15-30(16-13-20)17-23-28-24(29-32-23)21-6-2-3-7-22(21)26/h2-3,6-11,20H,4-5,12-17H2,1H3,(H,27,31). The Morgan fingerprint density at radius 1 is 1.16 bits per heavy atom. The molecule has 1 aliphatic rings. The molecule has 1 fully saturated rings. The topological polar surface area (TPSA) is 71.3 Å². The third-order valence-electron chi connectivity index (χ3n) is 5.96. The zero-order chi connectivity index (χ0) is 22.3. The van der Waals surface area contributed by atoms with Gasteiger partial charge in [0.25, 0.3) is 0 Å².